The molecular formula is C14H17N3OS. The fraction of sp³-hybridized carbons (Fsp3) is 0.286. The lowest BCUT2D eigenvalue weighted by atomic mass is 10.1. The first-order valence-electron chi connectivity index (χ1n) is 6.01. The van der Waals surface area contributed by atoms with E-state index in [0.717, 1.165) is 5.56 Å². The highest BCUT2D eigenvalue weighted by molar-refractivity contribution is 7.17. The Balaban J connectivity index is 2.11. The van der Waals surface area contributed by atoms with E-state index in [-0.39, 0.29) is 5.91 Å². The number of carbonyl (C=O) groups is 1. The van der Waals surface area contributed by atoms with Gasteiger partial charge in [-0.2, -0.15) is 0 Å². The van der Waals surface area contributed by atoms with Crippen molar-refractivity contribution in [3.8, 4) is 0 Å². The lowest BCUT2D eigenvalue weighted by Crippen LogP contribution is -2.26. The van der Waals surface area contributed by atoms with Crippen LogP contribution in [-0.4, -0.2) is 22.8 Å². The minimum atomic E-state index is -0.0349. The molecule has 2 rings (SSSR count). The zero-order valence-corrected chi connectivity index (χ0v) is 12.1. The van der Waals surface area contributed by atoms with Crippen LogP contribution in [0.15, 0.2) is 24.3 Å². The van der Waals surface area contributed by atoms with E-state index in [9.17, 15) is 4.79 Å². The lowest BCUT2D eigenvalue weighted by Gasteiger charge is -2.16. The second-order valence-electron chi connectivity index (χ2n) is 4.61. The van der Waals surface area contributed by atoms with Gasteiger partial charge in [0, 0.05) is 13.6 Å². The number of aromatic nitrogens is 1. The molecule has 0 aliphatic heterocycles. The maximum atomic E-state index is 12.3. The molecule has 4 nitrogen and oxygen atoms in total. The maximum Gasteiger partial charge on any atom is 0.265 e. The second-order valence-corrected chi connectivity index (χ2v) is 5.64. The maximum absolute atomic E-state index is 12.3. The molecule has 1 heterocycles. The molecule has 1 aromatic carbocycles. The van der Waals surface area contributed by atoms with Crippen molar-refractivity contribution in [1.82, 2.24) is 9.88 Å². The van der Waals surface area contributed by atoms with Crippen molar-refractivity contribution in [1.29, 1.82) is 0 Å². The van der Waals surface area contributed by atoms with Crippen LogP contribution in [-0.2, 0) is 6.54 Å². The van der Waals surface area contributed by atoms with E-state index in [1.54, 1.807) is 18.9 Å². The van der Waals surface area contributed by atoms with Gasteiger partial charge in [0.15, 0.2) is 5.13 Å². The smallest absolute Gasteiger partial charge is 0.265 e. The van der Waals surface area contributed by atoms with Gasteiger partial charge < -0.3 is 10.6 Å². The highest BCUT2D eigenvalue weighted by Crippen LogP contribution is 2.21. The summed E-state index contributed by atoms with van der Waals surface area (Å²) in [6.07, 6.45) is 0. The molecular weight excluding hydrogens is 258 g/mol. The molecule has 0 aliphatic carbocycles. The van der Waals surface area contributed by atoms with Crippen molar-refractivity contribution in [3.05, 3.63) is 46.0 Å². The zero-order chi connectivity index (χ0) is 14.0. The van der Waals surface area contributed by atoms with Crippen LogP contribution < -0.4 is 5.73 Å². The minimum absolute atomic E-state index is 0.0349. The van der Waals surface area contributed by atoms with Gasteiger partial charge in [0.1, 0.15) is 4.88 Å². The van der Waals surface area contributed by atoms with Crippen LogP contribution >= 0.6 is 11.3 Å². The van der Waals surface area contributed by atoms with Gasteiger partial charge in [-0.15, -0.1) is 0 Å². The van der Waals surface area contributed by atoms with Gasteiger partial charge in [-0.25, -0.2) is 4.98 Å². The van der Waals surface area contributed by atoms with Crippen molar-refractivity contribution in [2.24, 2.45) is 0 Å². The Hall–Kier alpha value is -1.88. The molecule has 0 atom stereocenters. The highest BCUT2D eigenvalue weighted by atomic mass is 32.1. The highest BCUT2D eigenvalue weighted by Gasteiger charge is 2.18. The number of hydrogen-bond donors (Lipinski definition) is 1. The Labute approximate surface area is 116 Å². The summed E-state index contributed by atoms with van der Waals surface area (Å²) in [5, 5.41) is 0.435. The fourth-order valence-electron chi connectivity index (χ4n) is 1.83. The number of nitrogens with zero attached hydrogens (tertiary/aromatic N) is 2. The second kappa shape index (κ2) is 5.40. The van der Waals surface area contributed by atoms with Crippen LogP contribution in [0.5, 0.6) is 0 Å². The number of carbonyl (C=O) groups excluding carboxylic acids is 1. The normalized spacial score (nSPS) is 10.5. The van der Waals surface area contributed by atoms with Crippen molar-refractivity contribution in [3.63, 3.8) is 0 Å². The van der Waals surface area contributed by atoms with E-state index in [1.807, 2.05) is 31.2 Å². The van der Waals surface area contributed by atoms with E-state index in [2.05, 4.69) is 4.98 Å². The molecule has 0 unspecified atom stereocenters. The number of nitrogens with two attached hydrogens (primary N) is 1. The van der Waals surface area contributed by atoms with Gasteiger partial charge in [-0.1, -0.05) is 41.2 Å². The Morgan fingerprint density at radius 3 is 2.47 bits per heavy atom. The molecule has 0 saturated heterocycles. The minimum Gasteiger partial charge on any atom is -0.375 e. The SMILES string of the molecule is Cc1ccc(CN(C)C(=O)c2sc(N)nc2C)cc1. The number of hydrogen-bond acceptors (Lipinski definition) is 4. The van der Waals surface area contributed by atoms with Crippen LogP contribution in [0.1, 0.15) is 26.5 Å². The van der Waals surface area contributed by atoms with Gasteiger partial charge in [0.25, 0.3) is 5.91 Å². The van der Waals surface area contributed by atoms with Crippen LogP contribution in [0, 0.1) is 13.8 Å². The average molecular weight is 275 g/mol. The standard InChI is InChI=1S/C14H17N3OS/c1-9-4-6-11(7-5-9)8-17(3)13(18)12-10(2)16-14(15)19-12/h4-7H,8H2,1-3H3,(H2,15,16). The van der Waals surface area contributed by atoms with E-state index in [4.69, 9.17) is 5.73 Å². The molecule has 0 fully saturated rings. The molecule has 0 radical (unpaired) electrons. The third-order valence-corrected chi connectivity index (χ3v) is 3.87. The molecule has 2 aromatic rings. The van der Waals surface area contributed by atoms with Gasteiger partial charge in [-0.3, -0.25) is 4.79 Å². The number of aryl methyl sites for hydroxylation is 2. The molecule has 0 saturated carbocycles. The van der Waals surface area contributed by atoms with Crippen molar-refractivity contribution in [2.75, 3.05) is 12.8 Å². The van der Waals surface area contributed by atoms with Crippen molar-refractivity contribution in [2.45, 2.75) is 20.4 Å². The van der Waals surface area contributed by atoms with Crippen molar-refractivity contribution >= 4 is 22.4 Å². The molecule has 5 heteroatoms. The molecule has 100 valence electrons. The third-order valence-electron chi connectivity index (χ3n) is 2.89. The number of nitrogen functional groups attached to an aromatic ring is 1. The monoisotopic (exact) mass is 275 g/mol. The summed E-state index contributed by atoms with van der Waals surface area (Å²) in [4.78, 5) is 18.7. The molecule has 0 aliphatic rings. The van der Waals surface area contributed by atoms with Crippen LogP contribution in [0.25, 0.3) is 0 Å². The Kier molecular flexibility index (Phi) is 3.85. The summed E-state index contributed by atoms with van der Waals surface area (Å²) in [7, 11) is 1.79. The largest absolute Gasteiger partial charge is 0.375 e. The van der Waals surface area contributed by atoms with Gasteiger partial charge in [0.05, 0.1) is 5.69 Å². The molecule has 19 heavy (non-hydrogen) atoms. The summed E-state index contributed by atoms with van der Waals surface area (Å²) < 4.78 is 0. The molecule has 1 amide bonds. The molecule has 2 N–H and O–H groups in total. The summed E-state index contributed by atoms with van der Waals surface area (Å²) in [6, 6.07) is 8.16. The zero-order valence-electron chi connectivity index (χ0n) is 11.3. The van der Waals surface area contributed by atoms with E-state index in [1.165, 1.54) is 16.9 Å². The average Bonchev–Trinajstić information content (AvgIpc) is 2.70. The molecule has 1 aromatic heterocycles. The number of rotatable bonds is 3. The van der Waals surface area contributed by atoms with E-state index in [0.29, 0.717) is 22.2 Å². The third kappa shape index (κ3) is 3.12. The van der Waals surface area contributed by atoms with E-state index < -0.39 is 0 Å². The number of thiazole rings is 1. The van der Waals surface area contributed by atoms with Crippen LogP contribution in [0.3, 0.4) is 0 Å². The summed E-state index contributed by atoms with van der Waals surface area (Å²) in [5.74, 6) is -0.0349. The van der Waals surface area contributed by atoms with Gasteiger partial charge >= 0.3 is 0 Å². The summed E-state index contributed by atoms with van der Waals surface area (Å²) in [5.41, 5.74) is 8.64. The summed E-state index contributed by atoms with van der Waals surface area (Å²) in [6.45, 7) is 4.43. The quantitative estimate of drug-likeness (QED) is 0.936. The van der Waals surface area contributed by atoms with E-state index >= 15 is 0 Å². The Morgan fingerprint density at radius 1 is 1.32 bits per heavy atom. The Morgan fingerprint density at radius 2 is 1.95 bits per heavy atom. The predicted molar refractivity (Wildman–Crippen MR) is 78.2 cm³/mol. The first-order chi connectivity index (χ1) is 8.97. The predicted octanol–water partition coefficient (Wildman–Crippen LogP) is 2.61. The Bertz CT molecular complexity index is 589. The number of anilines is 1. The first-order valence-corrected chi connectivity index (χ1v) is 6.83. The van der Waals surface area contributed by atoms with Crippen LogP contribution in [0.4, 0.5) is 5.13 Å². The molecule has 0 bridgehead atoms. The number of benzene rings is 1. The van der Waals surface area contributed by atoms with Crippen molar-refractivity contribution < 1.29 is 4.79 Å². The lowest BCUT2D eigenvalue weighted by molar-refractivity contribution is 0.0789. The fourth-order valence-corrected chi connectivity index (χ4v) is 2.66. The topological polar surface area (TPSA) is 59.2 Å². The molecule has 0 spiro atoms. The first kappa shape index (κ1) is 13.5. The van der Waals surface area contributed by atoms with Crippen LogP contribution in [0.2, 0.25) is 0 Å². The van der Waals surface area contributed by atoms with Gasteiger partial charge in [-0.05, 0) is 19.4 Å². The number of amides is 1. The summed E-state index contributed by atoms with van der Waals surface area (Å²) >= 11 is 1.24. The van der Waals surface area contributed by atoms with Gasteiger partial charge in [0.2, 0.25) is 0 Å².